The number of nitrogens with one attached hydrogen (secondary N) is 1. The normalized spacial score (nSPS) is 11.2. The van der Waals surface area contributed by atoms with Crippen molar-refractivity contribution >= 4 is 21.6 Å². The topological polar surface area (TPSA) is 75.7 Å². The van der Waals surface area contributed by atoms with Crippen molar-refractivity contribution in [1.29, 1.82) is 0 Å². The van der Waals surface area contributed by atoms with E-state index in [4.69, 9.17) is 4.74 Å². The van der Waals surface area contributed by atoms with Gasteiger partial charge in [0, 0.05) is 5.56 Å². The number of anilines is 1. The molecule has 36 heavy (non-hydrogen) atoms. The molecule has 3 aromatic carbocycles. The Kier molecular flexibility index (Phi) is 9.15. The molecule has 0 heterocycles. The third-order valence-electron chi connectivity index (χ3n) is 5.95. The second-order valence-electron chi connectivity index (χ2n) is 9.21. The number of ether oxygens (including phenoxy) is 1. The van der Waals surface area contributed by atoms with Crippen molar-refractivity contribution in [3.8, 4) is 5.75 Å². The van der Waals surface area contributed by atoms with E-state index in [2.05, 4.69) is 24.4 Å². The number of carbonyl (C=O) groups excluding carboxylic acids is 1. The summed E-state index contributed by atoms with van der Waals surface area (Å²) in [6.07, 6.45) is 3.37. The van der Waals surface area contributed by atoms with Crippen LogP contribution in [0.1, 0.15) is 51.5 Å². The molecule has 0 saturated heterocycles. The zero-order valence-corrected chi connectivity index (χ0v) is 22.6. The minimum absolute atomic E-state index is 0.191. The summed E-state index contributed by atoms with van der Waals surface area (Å²) in [5.41, 5.74) is 6.20. The van der Waals surface area contributed by atoms with Crippen molar-refractivity contribution in [1.82, 2.24) is 5.32 Å². The Morgan fingerprint density at radius 2 is 1.50 bits per heavy atom. The van der Waals surface area contributed by atoms with Crippen molar-refractivity contribution in [2.75, 3.05) is 23.7 Å². The predicted octanol–water partition coefficient (Wildman–Crippen LogP) is 5.34. The summed E-state index contributed by atoms with van der Waals surface area (Å²) in [7, 11) is -3.50. The highest BCUT2D eigenvalue weighted by Gasteiger charge is 2.22. The van der Waals surface area contributed by atoms with Crippen LogP contribution in [0.3, 0.4) is 0 Å². The summed E-state index contributed by atoms with van der Waals surface area (Å²) >= 11 is 0. The fraction of sp³-hybridized carbons (Fsp3) is 0.345. The maximum atomic E-state index is 12.6. The number of hydrogen-bond donors (Lipinski definition) is 1. The number of aryl methyl sites for hydroxylation is 4. The van der Waals surface area contributed by atoms with E-state index in [-0.39, 0.29) is 12.5 Å². The molecule has 0 saturated carbocycles. The van der Waals surface area contributed by atoms with Gasteiger partial charge in [-0.2, -0.15) is 0 Å². The van der Waals surface area contributed by atoms with Gasteiger partial charge in [0.05, 0.1) is 25.0 Å². The molecular formula is C29H36N2O4S. The fourth-order valence-electron chi connectivity index (χ4n) is 4.33. The van der Waals surface area contributed by atoms with Gasteiger partial charge in [-0.05, 0) is 73.7 Å². The second kappa shape index (κ2) is 12.1. The van der Waals surface area contributed by atoms with Gasteiger partial charge in [-0.25, -0.2) is 8.42 Å². The standard InChI is InChI=1S/C29H36N2O4S/c1-6-7-24-10-14-27(15-11-24)35-17-16-30-29(32)26-12-8-25(9-13-26)20-31(36(5,33)34)28-22(3)18-21(2)19-23(28)4/h8-15,18-19H,6-7,16-17,20H2,1-5H3,(H,30,32). The van der Waals surface area contributed by atoms with Crippen LogP contribution in [0.2, 0.25) is 0 Å². The van der Waals surface area contributed by atoms with E-state index in [1.54, 1.807) is 24.3 Å². The van der Waals surface area contributed by atoms with Gasteiger partial charge in [-0.15, -0.1) is 0 Å². The van der Waals surface area contributed by atoms with E-state index in [1.165, 1.54) is 16.1 Å². The molecule has 0 radical (unpaired) electrons. The van der Waals surface area contributed by atoms with Crippen molar-refractivity contribution in [2.45, 2.75) is 47.1 Å². The average molecular weight is 509 g/mol. The van der Waals surface area contributed by atoms with Crippen LogP contribution in [-0.2, 0) is 23.0 Å². The van der Waals surface area contributed by atoms with E-state index < -0.39 is 10.0 Å². The molecule has 0 unspecified atom stereocenters. The monoisotopic (exact) mass is 508 g/mol. The molecular weight excluding hydrogens is 472 g/mol. The Bertz CT molecular complexity index is 1260. The Hall–Kier alpha value is -3.32. The van der Waals surface area contributed by atoms with Gasteiger partial charge >= 0.3 is 0 Å². The van der Waals surface area contributed by atoms with Gasteiger partial charge in [-0.3, -0.25) is 9.10 Å². The molecule has 0 aromatic heterocycles. The quantitative estimate of drug-likeness (QED) is 0.355. The Labute approximate surface area is 215 Å². The lowest BCUT2D eigenvalue weighted by Gasteiger charge is -2.26. The van der Waals surface area contributed by atoms with Crippen LogP contribution in [0.5, 0.6) is 5.75 Å². The molecule has 0 aliphatic carbocycles. The number of carbonyl (C=O) groups is 1. The molecule has 0 bridgehead atoms. The zero-order chi connectivity index (χ0) is 26.3. The summed E-state index contributed by atoms with van der Waals surface area (Å²) in [5.74, 6) is 0.580. The van der Waals surface area contributed by atoms with Gasteiger partial charge in [0.1, 0.15) is 12.4 Å². The van der Waals surface area contributed by atoms with E-state index >= 15 is 0 Å². The molecule has 6 nitrogen and oxygen atoms in total. The highest BCUT2D eigenvalue weighted by Crippen LogP contribution is 2.29. The fourth-order valence-corrected chi connectivity index (χ4v) is 5.34. The Morgan fingerprint density at radius 3 is 2.06 bits per heavy atom. The lowest BCUT2D eigenvalue weighted by molar-refractivity contribution is 0.0947. The SMILES string of the molecule is CCCc1ccc(OCCNC(=O)c2ccc(CN(c3c(C)cc(C)cc3C)S(C)(=O)=O)cc2)cc1. The van der Waals surface area contributed by atoms with Gasteiger partial charge in [0.25, 0.3) is 5.91 Å². The molecule has 3 aromatic rings. The summed E-state index contributed by atoms with van der Waals surface area (Å²) in [6, 6.07) is 19.0. The number of nitrogens with zero attached hydrogens (tertiary/aromatic N) is 1. The summed E-state index contributed by atoms with van der Waals surface area (Å²) in [5, 5.41) is 2.86. The van der Waals surface area contributed by atoms with Crippen LogP contribution in [0, 0.1) is 20.8 Å². The smallest absolute Gasteiger partial charge is 0.251 e. The van der Waals surface area contributed by atoms with E-state index in [1.807, 2.05) is 45.0 Å². The maximum absolute atomic E-state index is 12.6. The molecule has 0 atom stereocenters. The number of sulfonamides is 1. The summed E-state index contributed by atoms with van der Waals surface area (Å²) in [4.78, 5) is 12.5. The summed E-state index contributed by atoms with van der Waals surface area (Å²) < 4.78 is 32.4. The Morgan fingerprint density at radius 1 is 0.917 bits per heavy atom. The van der Waals surface area contributed by atoms with Crippen LogP contribution in [0.15, 0.2) is 60.7 Å². The maximum Gasteiger partial charge on any atom is 0.251 e. The summed E-state index contributed by atoms with van der Waals surface area (Å²) in [6.45, 7) is 8.93. The van der Waals surface area contributed by atoms with Crippen LogP contribution in [-0.4, -0.2) is 33.7 Å². The predicted molar refractivity (Wildman–Crippen MR) is 146 cm³/mol. The third-order valence-corrected chi connectivity index (χ3v) is 7.06. The molecule has 192 valence electrons. The van der Waals surface area contributed by atoms with Crippen LogP contribution in [0.25, 0.3) is 0 Å². The molecule has 7 heteroatoms. The van der Waals surface area contributed by atoms with Crippen molar-refractivity contribution < 1.29 is 17.9 Å². The van der Waals surface area contributed by atoms with E-state index in [0.29, 0.717) is 24.4 Å². The molecule has 1 N–H and O–H groups in total. The minimum Gasteiger partial charge on any atom is -0.492 e. The van der Waals surface area contributed by atoms with E-state index in [9.17, 15) is 13.2 Å². The van der Waals surface area contributed by atoms with Crippen LogP contribution in [0.4, 0.5) is 5.69 Å². The minimum atomic E-state index is -3.50. The average Bonchev–Trinajstić information content (AvgIpc) is 2.81. The second-order valence-corrected chi connectivity index (χ2v) is 11.1. The van der Waals surface area contributed by atoms with Gasteiger partial charge < -0.3 is 10.1 Å². The number of rotatable bonds is 11. The molecule has 0 aliphatic heterocycles. The lowest BCUT2D eigenvalue weighted by atomic mass is 10.0. The highest BCUT2D eigenvalue weighted by atomic mass is 32.2. The first kappa shape index (κ1) is 27.3. The van der Waals surface area contributed by atoms with Crippen molar-refractivity contribution in [2.24, 2.45) is 0 Å². The van der Waals surface area contributed by atoms with Crippen LogP contribution >= 0.6 is 0 Å². The largest absolute Gasteiger partial charge is 0.492 e. The first-order valence-corrected chi connectivity index (χ1v) is 14.1. The van der Waals surface area contributed by atoms with E-state index in [0.717, 1.165) is 40.8 Å². The molecule has 3 rings (SSSR count). The van der Waals surface area contributed by atoms with Gasteiger partial charge in [0.2, 0.25) is 10.0 Å². The molecule has 0 fully saturated rings. The number of benzene rings is 3. The van der Waals surface area contributed by atoms with Gasteiger partial charge in [0.15, 0.2) is 0 Å². The third kappa shape index (κ3) is 7.34. The van der Waals surface area contributed by atoms with Crippen molar-refractivity contribution in [3.05, 3.63) is 94.0 Å². The van der Waals surface area contributed by atoms with Crippen LogP contribution < -0.4 is 14.4 Å². The zero-order valence-electron chi connectivity index (χ0n) is 21.8. The first-order valence-electron chi connectivity index (χ1n) is 12.2. The number of hydrogen-bond acceptors (Lipinski definition) is 4. The molecule has 1 amide bonds. The van der Waals surface area contributed by atoms with Gasteiger partial charge in [-0.1, -0.05) is 55.3 Å². The van der Waals surface area contributed by atoms with Crippen molar-refractivity contribution in [3.63, 3.8) is 0 Å². The Balaban J connectivity index is 1.59. The highest BCUT2D eigenvalue weighted by molar-refractivity contribution is 7.92. The number of amides is 1. The molecule has 0 spiro atoms. The lowest BCUT2D eigenvalue weighted by Crippen LogP contribution is -2.31. The first-order chi connectivity index (χ1) is 17.1. The molecule has 0 aliphatic rings.